The molecule has 0 N–H and O–H groups in total. The average molecular weight is 294 g/mol. The molecule has 1 aliphatic carbocycles. The Bertz CT molecular complexity index is 787. The van der Waals surface area contributed by atoms with Crippen LogP contribution in [0, 0.1) is 6.08 Å². The third-order valence-electron chi connectivity index (χ3n) is 3.69. The molecule has 1 aromatic heterocycles. The van der Waals surface area contributed by atoms with E-state index in [4.69, 9.17) is 0 Å². The van der Waals surface area contributed by atoms with Crippen molar-refractivity contribution in [2.45, 2.75) is 5.92 Å². The quantitative estimate of drug-likeness (QED) is 0.613. The average Bonchev–Trinajstić information content (AvgIpc) is 2.90. The SMILES string of the molecule is [C-]1=Cc2ccccc2C1c1cccc2cccnc12.[Cr]. The van der Waals surface area contributed by atoms with Gasteiger partial charge in [-0.15, -0.1) is 11.6 Å². The number of hydrogen-bond donors (Lipinski definition) is 0. The second kappa shape index (κ2) is 5.25. The number of nitrogens with zero attached hydrogens (tertiary/aromatic N) is 1. The van der Waals surface area contributed by atoms with Gasteiger partial charge >= 0.3 is 0 Å². The van der Waals surface area contributed by atoms with Crippen LogP contribution in [0.4, 0.5) is 0 Å². The molecule has 1 heterocycles. The number of pyridine rings is 1. The predicted molar refractivity (Wildman–Crippen MR) is 77.7 cm³/mol. The third kappa shape index (κ3) is 1.98. The molecule has 1 unspecified atom stereocenters. The molecule has 0 spiro atoms. The molecule has 0 saturated carbocycles. The number of fused-ring (bicyclic) bond motifs is 2. The molecule has 20 heavy (non-hydrogen) atoms. The fourth-order valence-electron chi connectivity index (χ4n) is 2.79. The summed E-state index contributed by atoms with van der Waals surface area (Å²) < 4.78 is 0. The van der Waals surface area contributed by atoms with Crippen molar-refractivity contribution in [1.82, 2.24) is 4.98 Å². The van der Waals surface area contributed by atoms with Gasteiger partial charge in [0.15, 0.2) is 0 Å². The molecule has 0 saturated heterocycles. The zero-order valence-corrected chi connectivity index (χ0v) is 12.1. The molecule has 2 heteroatoms. The molecule has 1 atom stereocenters. The molecular formula is C18H12CrN-. The fraction of sp³-hybridized carbons (Fsp3) is 0.0556. The van der Waals surface area contributed by atoms with Crippen molar-refractivity contribution in [2.24, 2.45) is 0 Å². The van der Waals surface area contributed by atoms with E-state index in [1.165, 1.54) is 22.1 Å². The summed E-state index contributed by atoms with van der Waals surface area (Å²) in [6.07, 6.45) is 7.41. The molecule has 4 rings (SSSR count). The summed E-state index contributed by atoms with van der Waals surface area (Å²) in [4.78, 5) is 4.54. The Morgan fingerprint density at radius 1 is 0.850 bits per heavy atom. The van der Waals surface area contributed by atoms with E-state index in [2.05, 4.69) is 65.7 Å². The summed E-state index contributed by atoms with van der Waals surface area (Å²) in [5.74, 6) is 0.204. The maximum absolute atomic E-state index is 4.54. The molecule has 0 radical (unpaired) electrons. The van der Waals surface area contributed by atoms with Crippen LogP contribution in [-0.4, -0.2) is 4.98 Å². The van der Waals surface area contributed by atoms with E-state index in [1.807, 2.05) is 12.3 Å². The monoisotopic (exact) mass is 294 g/mol. The molecule has 96 valence electrons. The zero-order chi connectivity index (χ0) is 12.7. The zero-order valence-electron chi connectivity index (χ0n) is 10.8. The summed E-state index contributed by atoms with van der Waals surface area (Å²) in [7, 11) is 0. The first-order chi connectivity index (χ1) is 9.43. The van der Waals surface area contributed by atoms with Crippen LogP contribution < -0.4 is 0 Å². The second-order valence-electron chi connectivity index (χ2n) is 4.80. The van der Waals surface area contributed by atoms with Gasteiger partial charge in [0.05, 0.1) is 5.52 Å². The molecule has 2 aromatic carbocycles. The van der Waals surface area contributed by atoms with Crippen LogP contribution in [0.2, 0.25) is 0 Å². The third-order valence-corrected chi connectivity index (χ3v) is 3.69. The van der Waals surface area contributed by atoms with Gasteiger partial charge in [0.2, 0.25) is 0 Å². The van der Waals surface area contributed by atoms with Crippen molar-refractivity contribution in [2.75, 3.05) is 0 Å². The van der Waals surface area contributed by atoms with Crippen LogP contribution in [0.25, 0.3) is 17.0 Å². The van der Waals surface area contributed by atoms with Crippen molar-refractivity contribution in [3.05, 3.63) is 83.6 Å². The Kier molecular flexibility index (Phi) is 3.44. The number of benzene rings is 2. The van der Waals surface area contributed by atoms with Crippen molar-refractivity contribution < 1.29 is 17.4 Å². The van der Waals surface area contributed by atoms with Crippen LogP contribution in [0.5, 0.6) is 0 Å². The van der Waals surface area contributed by atoms with Crippen LogP contribution in [0.1, 0.15) is 22.6 Å². The molecule has 0 amide bonds. The number of aromatic nitrogens is 1. The Hall–Kier alpha value is -1.88. The molecule has 0 aliphatic heterocycles. The van der Waals surface area contributed by atoms with Gasteiger partial charge in [-0.05, 0) is 11.6 Å². The Labute approximate surface area is 129 Å². The van der Waals surface area contributed by atoms with Gasteiger partial charge in [-0.3, -0.25) is 11.1 Å². The van der Waals surface area contributed by atoms with Crippen molar-refractivity contribution in [3.8, 4) is 0 Å². The Morgan fingerprint density at radius 3 is 2.60 bits per heavy atom. The van der Waals surface area contributed by atoms with Crippen molar-refractivity contribution in [3.63, 3.8) is 0 Å². The summed E-state index contributed by atoms with van der Waals surface area (Å²) >= 11 is 0. The number of allylic oxidation sites excluding steroid dienone is 1. The van der Waals surface area contributed by atoms with E-state index < -0.39 is 0 Å². The van der Waals surface area contributed by atoms with E-state index in [-0.39, 0.29) is 23.3 Å². The summed E-state index contributed by atoms with van der Waals surface area (Å²) in [5.41, 5.74) is 4.90. The molecule has 3 aromatic rings. The largest absolute Gasteiger partial charge is 0.264 e. The first kappa shape index (κ1) is 13.1. The Morgan fingerprint density at radius 2 is 1.65 bits per heavy atom. The van der Waals surface area contributed by atoms with E-state index in [0.717, 1.165) is 5.52 Å². The maximum atomic E-state index is 4.54. The van der Waals surface area contributed by atoms with Crippen molar-refractivity contribution >= 4 is 17.0 Å². The molecular weight excluding hydrogens is 282 g/mol. The van der Waals surface area contributed by atoms with Crippen LogP contribution >= 0.6 is 0 Å². The fourth-order valence-corrected chi connectivity index (χ4v) is 2.79. The smallest absolute Gasteiger partial charge is 0.0727 e. The standard InChI is InChI=1S/C18H12N.Cr/c1-2-8-15-13(5-1)10-11-16(15)17-9-3-6-14-7-4-12-19-18(14)17;/h1-10,12,16H;/q-1;. The molecule has 1 nitrogen and oxygen atoms in total. The van der Waals surface area contributed by atoms with Crippen molar-refractivity contribution in [1.29, 1.82) is 0 Å². The van der Waals surface area contributed by atoms with Gasteiger partial charge in [-0.25, -0.2) is 6.08 Å². The predicted octanol–water partition coefficient (Wildman–Crippen LogP) is 4.19. The summed E-state index contributed by atoms with van der Waals surface area (Å²) in [5, 5.41) is 1.19. The first-order valence-corrected chi connectivity index (χ1v) is 6.45. The van der Waals surface area contributed by atoms with E-state index in [9.17, 15) is 0 Å². The molecule has 1 aliphatic rings. The van der Waals surface area contributed by atoms with Gasteiger partial charge in [0, 0.05) is 28.9 Å². The first-order valence-electron chi connectivity index (χ1n) is 6.45. The van der Waals surface area contributed by atoms with E-state index in [0.29, 0.717) is 0 Å². The van der Waals surface area contributed by atoms with Gasteiger partial charge in [-0.1, -0.05) is 48.4 Å². The van der Waals surface area contributed by atoms with Gasteiger partial charge in [-0.2, -0.15) is 5.56 Å². The summed E-state index contributed by atoms with van der Waals surface area (Å²) in [6, 6.07) is 18.9. The van der Waals surface area contributed by atoms with Crippen LogP contribution in [0.3, 0.4) is 0 Å². The van der Waals surface area contributed by atoms with Crippen LogP contribution in [-0.2, 0) is 17.4 Å². The molecule has 0 fully saturated rings. The van der Waals surface area contributed by atoms with E-state index >= 15 is 0 Å². The maximum Gasteiger partial charge on any atom is 0.0727 e. The van der Waals surface area contributed by atoms with Gasteiger partial charge in [0.25, 0.3) is 0 Å². The Balaban J connectivity index is 0.00000121. The normalized spacial score (nSPS) is 15.9. The number of rotatable bonds is 1. The number of hydrogen-bond acceptors (Lipinski definition) is 1. The second-order valence-corrected chi connectivity index (χ2v) is 4.80. The topological polar surface area (TPSA) is 12.9 Å². The van der Waals surface area contributed by atoms with Crippen LogP contribution in [0.15, 0.2) is 60.8 Å². The minimum Gasteiger partial charge on any atom is -0.264 e. The minimum absolute atomic E-state index is 0. The van der Waals surface area contributed by atoms with Gasteiger partial charge < -0.3 is 0 Å². The summed E-state index contributed by atoms with van der Waals surface area (Å²) in [6.45, 7) is 0. The van der Waals surface area contributed by atoms with E-state index in [1.54, 1.807) is 0 Å². The molecule has 0 bridgehead atoms. The number of para-hydroxylation sites is 1. The van der Waals surface area contributed by atoms with Gasteiger partial charge in [0.1, 0.15) is 0 Å². The minimum atomic E-state index is 0.